The monoisotopic (exact) mass is 875 g/mol. The van der Waals surface area contributed by atoms with Crippen LogP contribution in [0.15, 0.2) is 182 Å². The van der Waals surface area contributed by atoms with Gasteiger partial charge in [0.2, 0.25) is 0 Å². The van der Waals surface area contributed by atoms with Gasteiger partial charge in [-0.1, -0.05) is 217 Å². The molecule has 2 aliphatic heterocycles. The number of benzene rings is 8. The minimum atomic E-state index is -0.707. The molecular weight excluding hydrogens is 809 g/mol. The number of hydrogen-bond acceptors (Lipinski definition) is 2. The molecule has 8 aromatic rings. The summed E-state index contributed by atoms with van der Waals surface area (Å²) < 4.78 is 0. The highest BCUT2D eigenvalue weighted by Crippen LogP contribution is 2.65. The van der Waals surface area contributed by atoms with Crippen molar-refractivity contribution in [3.05, 3.63) is 226 Å². The van der Waals surface area contributed by atoms with Crippen LogP contribution in [-0.2, 0) is 27.1 Å². The van der Waals surface area contributed by atoms with Crippen LogP contribution in [-0.4, -0.2) is 0 Å². The molecule has 0 atom stereocenters. The van der Waals surface area contributed by atoms with E-state index in [1.165, 1.54) is 89.5 Å². The molecule has 336 valence electrons. The van der Waals surface area contributed by atoms with Crippen molar-refractivity contribution in [1.29, 1.82) is 0 Å². The minimum Gasteiger partial charge on any atom is -0.310 e. The average Bonchev–Trinajstić information content (AvgIpc) is 3.30. The van der Waals surface area contributed by atoms with Gasteiger partial charge in [0, 0.05) is 11.4 Å². The Balaban J connectivity index is 1.35. The highest BCUT2D eigenvalue weighted by atomic mass is 15.2. The molecule has 2 heteroatoms. The van der Waals surface area contributed by atoms with E-state index in [1.54, 1.807) is 0 Å². The molecule has 0 radical (unpaired) electrons. The Hall–Kier alpha value is -6.64. The molecule has 0 unspecified atom stereocenters. The highest BCUT2D eigenvalue weighted by Gasteiger charge is 2.53. The van der Waals surface area contributed by atoms with E-state index in [0.717, 1.165) is 11.4 Å². The van der Waals surface area contributed by atoms with Crippen LogP contribution < -0.4 is 9.80 Å². The molecule has 10 rings (SSSR count). The van der Waals surface area contributed by atoms with Gasteiger partial charge in [0.15, 0.2) is 0 Å². The lowest BCUT2D eigenvalue weighted by Crippen LogP contribution is -2.43. The van der Waals surface area contributed by atoms with E-state index >= 15 is 0 Å². The quantitative estimate of drug-likeness (QED) is 0.174. The molecule has 0 fully saturated rings. The molecule has 0 aromatic heterocycles. The third-order valence-electron chi connectivity index (χ3n) is 14.5. The number of nitrogens with zero attached hydrogens (tertiary/aromatic N) is 2. The molecule has 0 amide bonds. The van der Waals surface area contributed by atoms with Crippen LogP contribution in [0.3, 0.4) is 0 Å². The maximum Gasteiger partial charge on any atom is 0.0783 e. The summed E-state index contributed by atoms with van der Waals surface area (Å²) in [6.07, 6.45) is 0. The van der Waals surface area contributed by atoms with Gasteiger partial charge in [0.1, 0.15) is 0 Å². The zero-order valence-corrected chi connectivity index (χ0v) is 41.7. The van der Waals surface area contributed by atoms with Gasteiger partial charge in [0.05, 0.1) is 28.2 Å². The molecular formula is C65H66N2. The van der Waals surface area contributed by atoms with Gasteiger partial charge in [0.25, 0.3) is 0 Å². The molecule has 0 aliphatic carbocycles. The molecule has 0 N–H and O–H groups in total. The summed E-state index contributed by atoms with van der Waals surface area (Å²) >= 11 is 0. The van der Waals surface area contributed by atoms with Crippen LogP contribution in [0.25, 0.3) is 22.3 Å². The van der Waals surface area contributed by atoms with Gasteiger partial charge >= 0.3 is 0 Å². The largest absolute Gasteiger partial charge is 0.310 e. The van der Waals surface area contributed by atoms with Crippen LogP contribution in [0.2, 0.25) is 0 Å². The van der Waals surface area contributed by atoms with Crippen LogP contribution in [0.5, 0.6) is 0 Å². The van der Waals surface area contributed by atoms with Crippen LogP contribution in [0.1, 0.15) is 128 Å². The second-order valence-corrected chi connectivity index (χ2v) is 23.2. The van der Waals surface area contributed by atoms with Gasteiger partial charge < -0.3 is 9.80 Å². The Morgan fingerprint density at radius 1 is 0.269 bits per heavy atom. The summed E-state index contributed by atoms with van der Waals surface area (Å²) in [5, 5.41) is 0. The summed E-state index contributed by atoms with van der Waals surface area (Å²) in [5.41, 5.74) is 21.4. The number of anilines is 6. The maximum atomic E-state index is 2.58. The first-order chi connectivity index (χ1) is 31.7. The lowest BCUT2D eigenvalue weighted by atomic mass is 9.58. The summed E-state index contributed by atoms with van der Waals surface area (Å²) in [4.78, 5) is 5.11. The van der Waals surface area contributed by atoms with Gasteiger partial charge in [-0.3, -0.25) is 0 Å². The van der Waals surface area contributed by atoms with Crippen molar-refractivity contribution < 1.29 is 0 Å². The predicted octanol–water partition coefficient (Wildman–Crippen LogP) is 18.2. The first-order valence-corrected chi connectivity index (χ1v) is 24.3. The molecule has 1 spiro atoms. The Bertz CT molecular complexity index is 2780. The summed E-state index contributed by atoms with van der Waals surface area (Å²) in [5.74, 6) is 0. The summed E-state index contributed by atoms with van der Waals surface area (Å²) in [6.45, 7) is 28.3. The van der Waals surface area contributed by atoms with Gasteiger partial charge in [-0.2, -0.15) is 0 Å². The first kappa shape index (κ1) is 44.2. The number of hydrogen-bond donors (Lipinski definition) is 0. The third kappa shape index (κ3) is 7.50. The molecule has 2 aliphatic rings. The smallest absolute Gasteiger partial charge is 0.0783 e. The van der Waals surface area contributed by atoms with Crippen molar-refractivity contribution in [2.45, 2.75) is 110 Å². The molecule has 2 heterocycles. The Labute approximate surface area is 401 Å². The molecule has 0 bridgehead atoms. The Morgan fingerprint density at radius 3 is 0.746 bits per heavy atom. The number of rotatable bonds is 4. The molecule has 8 aromatic carbocycles. The second-order valence-electron chi connectivity index (χ2n) is 23.2. The van der Waals surface area contributed by atoms with E-state index in [2.05, 4.69) is 275 Å². The maximum absolute atomic E-state index is 2.58. The molecule has 67 heavy (non-hydrogen) atoms. The Kier molecular flexibility index (Phi) is 10.4. The lowest BCUT2D eigenvalue weighted by Gasteiger charge is -2.52. The van der Waals surface area contributed by atoms with E-state index in [4.69, 9.17) is 0 Å². The van der Waals surface area contributed by atoms with E-state index in [9.17, 15) is 0 Å². The normalized spacial score (nSPS) is 14.3. The van der Waals surface area contributed by atoms with Crippen LogP contribution in [0, 0.1) is 0 Å². The van der Waals surface area contributed by atoms with Crippen LogP contribution in [0.4, 0.5) is 34.1 Å². The van der Waals surface area contributed by atoms with Gasteiger partial charge in [-0.15, -0.1) is 0 Å². The first-order valence-electron chi connectivity index (χ1n) is 24.3. The summed E-state index contributed by atoms with van der Waals surface area (Å²) in [7, 11) is 0. The molecule has 2 nitrogen and oxygen atoms in total. The molecule has 0 saturated carbocycles. The molecule has 0 saturated heterocycles. The summed E-state index contributed by atoms with van der Waals surface area (Å²) in [6, 6.07) is 69.5. The van der Waals surface area contributed by atoms with Crippen molar-refractivity contribution in [2.75, 3.05) is 9.80 Å². The van der Waals surface area contributed by atoms with Crippen molar-refractivity contribution >= 4 is 34.1 Å². The topological polar surface area (TPSA) is 6.48 Å². The lowest BCUT2D eigenvalue weighted by molar-refractivity contribution is 0.577. The highest BCUT2D eigenvalue weighted by molar-refractivity contribution is 5.97. The average molecular weight is 875 g/mol. The minimum absolute atomic E-state index is 0.0979. The third-order valence-corrected chi connectivity index (χ3v) is 14.5. The van der Waals surface area contributed by atoms with Crippen molar-refractivity contribution in [2.24, 2.45) is 0 Å². The Morgan fingerprint density at radius 2 is 0.507 bits per heavy atom. The van der Waals surface area contributed by atoms with E-state index in [1.807, 2.05) is 0 Å². The zero-order valence-electron chi connectivity index (χ0n) is 41.7. The second kappa shape index (κ2) is 15.7. The van der Waals surface area contributed by atoms with Gasteiger partial charge in [-0.05, 0) is 137 Å². The predicted molar refractivity (Wildman–Crippen MR) is 287 cm³/mol. The SMILES string of the molecule is CC(C)(C)c1ccc2c(c1)C1(c3cc(C(C)(C)C)ccc3N2c2ccc(-c3ccccc3)cc2)c2cc(C(C)(C)C)ccc2N(c2ccc(-c3ccccc3)cc2)c2ccc(C(C)(C)C)cc21. The van der Waals surface area contributed by atoms with Crippen molar-refractivity contribution in [3.8, 4) is 22.3 Å². The fourth-order valence-electron chi connectivity index (χ4n) is 10.5. The van der Waals surface area contributed by atoms with Crippen molar-refractivity contribution in [3.63, 3.8) is 0 Å². The van der Waals surface area contributed by atoms with Gasteiger partial charge in [-0.25, -0.2) is 0 Å². The van der Waals surface area contributed by atoms with E-state index in [0.29, 0.717) is 0 Å². The fraction of sp³-hybridized carbons (Fsp3) is 0.262. The standard InChI is InChI=1S/C65H66N2/c1-61(2,3)47-27-35-57-53(39-47)65(54-40-48(62(4,5)6)28-36-58(54)66(57)51-31-23-45(24-32-51)43-19-15-13-16-20-43)55-41-49(63(7,8)9)29-37-59(55)67(60-38-30-50(42-56(60)65)64(10,11)12)52-33-25-46(26-34-52)44-21-17-14-18-22-44/h13-42H,1-12H3. The van der Waals surface area contributed by atoms with E-state index < -0.39 is 5.41 Å². The fourth-order valence-corrected chi connectivity index (χ4v) is 10.5. The van der Waals surface area contributed by atoms with Crippen LogP contribution >= 0.6 is 0 Å². The number of fused-ring (bicyclic) bond motifs is 8. The van der Waals surface area contributed by atoms with E-state index in [-0.39, 0.29) is 21.7 Å². The zero-order chi connectivity index (χ0) is 47.3. The van der Waals surface area contributed by atoms with Crippen molar-refractivity contribution in [1.82, 2.24) is 0 Å².